The van der Waals surface area contributed by atoms with Crippen molar-refractivity contribution in [3.8, 4) is 11.5 Å². The van der Waals surface area contributed by atoms with Crippen molar-refractivity contribution in [2.45, 2.75) is 78.3 Å². The molecule has 1 aliphatic rings. The lowest BCUT2D eigenvalue weighted by molar-refractivity contribution is -0.0290. The fourth-order valence-corrected chi connectivity index (χ4v) is 5.82. The van der Waals surface area contributed by atoms with Gasteiger partial charge in [-0.25, -0.2) is 0 Å². The monoisotopic (exact) mass is 639 g/mol. The van der Waals surface area contributed by atoms with Gasteiger partial charge >= 0.3 is 0 Å². The predicted molar refractivity (Wildman–Crippen MR) is 173 cm³/mol. The van der Waals surface area contributed by atoms with Crippen LogP contribution in [0, 0.1) is 13.8 Å². The second kappa shape index (κ2) is 17.7. The van der Waals surface area contributed by atoms with Gasteiger partial charge in [0.2, 0.25) is 0 Å². The van der Waals surface area contributed by atoms with Crippen LogP contribution in [0.3, 0.4) is 0 Å². The van der Waals surface area contributed by atoms with Crippen LogP contribution in [0.1, 0.15) is 57.6 Å². The molecule has 46 heavy (non-hydrogen) atoms. The molecule has 2 heterocycles. The van der Waals surface area contributed by atoms with E-state index in [2.05, 4.69) is 9.80 Å². The molecular formula is C35H49N3O8. The van der Waals surface area contributed by atoms with E-state index in [4.69, 9.17) is 14.5 Å². The maximum atomic E-state index is 11.1. The van der Waals surface area contributed by atoms with E-state index in [-0.39, 0.29) is 51.1 Å². The lowest BCUT2D eigenvalue weighted by Crippen LogP contribution is -2.26. The third-order valence-electron chi connectivity index (χ3n) is 8.21. The molecule has 4 rings (SSSR count). The molecule has 0 saturated carbocycles. The van der Waals surface area contributed by atoms with Gasteiger partial charge in [-0.2, -0.15) is 0 Å². The van der Waals surface area contributed by atoms with E-state index in [1.165, 1.54) is 0 Å². The van der Waals surface area contributed by atoms with Crippen LogP contribution in [0.2, 0.25) is 0 Å². The van der Waals surface area contributed by atoms with Gasteiger partial charge in [0.1, 0.15) is 23.7 Å². The third kappa shape index (κ3) is 10.2. The smallest absolute Gasteiger partial charge is 0.125 e. The molecule has 0 saturated heterocycles. The van der Waals surface area contributed by atoms with Crippen LogP contribution in [0.15, 0.2) is 42.5 Å². The molecule has 11 nitrogen and oxygen atoms in total. The minimum Gasteiger partial charge on any atom is -0.507 e. The summed E-state index contributed by atoms with van der Waals surface area (Å²) in [6, 6.07) is 13.7. The van der Waals surface area contributed by atoms with Crippen molar-refractivity contribution in [2.24, 2.45) is 0 Å². The fourth-order valence-electron chi connectivity index (χ4n) is 5.82. The Kier molecular flexibility index (Phi) is 13.7. The number of hydrogen-bond acceptors (Lipinski definition) is 11. The maximum Gasteiger partial charge on any atom is 0.125 e. The van der Waals surface area contributed by atoms with Crippen molar-refractivity contribution in [1.82, 2.24) is 14.8 Å². The number of nitrogens with zero attached hydrogens (tertiary/aromatic N) is 3. The van der Waals surface area contributed by atoms with Crippen LogP contribution >= 0.6 is 0 Å². The SMILES string of the molecule is Cc1cc(COC(CO)CO)c(O)c(CN2CCCCN(Cc3cc(C)cc(COC(CO)CO)c3O)Cc3cccc(n3)C2)c1. The van der Waals surface area contributed by atoms with Gasteiger partial charge in [-0.1, -0.05) is 41.5 Å². The number of hydrogen-bond donors (Lipinski definition) is 6. The Morgan fingerprint density at radius 3 is 1.43 bits per heavy atom. The predicted octanol–water partition coefficient (Wildman–Crippen LogP) is 2.65. The highest BCUT2D eigenvalue weighted by molar-refractivity contribution is 5.44. The van der Waals surface area contributed by atoms with E-state index in [0.29, 0.717) is 37.3 Å². The van der Waals surface area contributed by atoms with Crippen molar-refractivity contribution in [1.29, 1.82) is 0 Å². The summed E-state index contributed by atoms with van der Waals surface area (Å²) in [6.07, 6.45) is 0.447. The first-order valence-corrected chi connectivity index (χ1v) is 15.9. The zero-order valence-corrected chi connectivity index (χ0v) is 26.9. The molecule has 0 aliphatic carbocycles. The summed E-state index contributed by atoms with van der Waals surface area (Å²) in [7, 11) is 0. The number of aliphatic hydroxyl groups is 4. The molecule has 2 bridgehead atoms. The number of fused-ring (bicyclic) bond motifs is 2. The Labute approximate surface area is 271 Å². The standard InChI is InChI=1S/C35H49N3O8/c1-24-10-26(34(43)28(12-24)22-45-32(18-39)19-40)14-37-8-3-4-9-38(17-31-7-5-6-30(16-37)36-31)15-27-11-25(2)13-29(35(27)44)23-46-33(20-41)21-42/h5-7,10-13,32-33,39-44H,3-4,8-9,14-23H2,1-2H3. The third-order valence-corrected chi connectivity index (χ3v) is 8.21. The number of aryl methyl sites for hydroxylation is 2. The van der Waals surface area contributed by atoms with Crippen molar-refractivity contribution in [3.05, 3.63) is 87.2 Å². The molecule has 11 heteroatoms. The second-order valence-electron chi connectivity index (χ2n) is 12.2. The largest absolute Gasteiger partial charge is 0.507 e. The van der Waals surface area contributed by atoms with Crippen molar-refractivity contribution >= 4 is 0 Å². The highest BCUT2D eigenvalue weighted by atomic mass is 16.5. The van der Waals surface area contributed by atoms with Crippen LogP contribution in [0.5, 0.6) is 11.5 Å². The van der Waals surface area contributed by atoms with Gasteiger partial charge in [-0.3, -0.25) is 14.8 Å². The Morgan fingerprint density at radius 2 is 1.04 bits per heavy atom. The summed E-state index contributed by atoms with van der Waals surface area (Å²) in [5.41, 5.74) is 6.65. The van der Waals surface area contributed by atoms with Crippen molar-refractivity contribution in [2.75, 3.05) is 39.5 Å². The number of pyridine rings is 1. The zero-order valence-electron chi connectivity index (χ0n) is 26.9. The first kappa shape index (κ1) is 35.7. The van der Waals surface area contributed by atoms with Gasteiger partial charge in [-0.05, 0) is 51.9 Å². The number of aromatic hydroxyl groups is 2. The number of ether oxygens (including phenoxy) is 2. The maximum absolute atomic E-state index is 11.1. The van der Waals surface area contributed by atoms with E-state index >= 15 is 0 Å². The van der Waals surface area contributed by atoms with E-state index in [0.717, 1.165) is 59.6 Å². The molecule has 0 unspecified atom stereocenters. The van der Waals surface area contributed by atoms with Crippen LogP contribution in [0.25, 0.3) is 0 Å². The van der Waals surface area contributed by atoms with Crippen LogP contribution in [-0.4, -0.2) is 97.1 Å². The van der Waals surface area contributed by atoms with Gasteiger partial charge in [0.05, 0.1) is 51.0 Å². The lowest BCUT2D eigenvalue weighted by Gasteiger charge is -2.24. The molecule has 0 spiro atoms. The molecule has 1 aromatic heterocycles. The number of phenols is 2. The van der Waals surface area contributed by atoms with Gasteiger partial charge in [0, 0.05) is 48.4 Å². The van der Waals surface area contributed by atoms with Gasteiger partial charge in [0.15, 0.2) is 0 Å². The Balaban J connectivity index is 1.48. The highest BCUT2D eigenvalue weighted by Gasteiger charge is 2.19. The fraction of sp³-hybridized carbons (Fsp3) is 0.514. The minimum absolute atomic E-state index is 0.0859. The average Bonchev–Trinajstić information content (AvgIpc) is 3.06. The normalized spacial score (nSPS) is 15.0. The van der Waals surface area contributed by atoms with Crippen LogP contribution < -0.4 is 0 Å². The van der Waals surface area contributed by atoms with E-state index in [9.17, 15) is 30.6 Å². The summed E-state index contributed by atoms with van der Waals surface area (Å²) in [5.74, 6) is 0.321. The summed E-state index contributed by atoms with van der Waals surface area (Å²) in [4.78, 5) is 9.54. The lowest BCUT2D eigenvalue weighted by atomic mass is 10.0. The summed E-state index contributed by atoms with van der Waals surface area (Å²) in [5, 5.41) is 59.7. The van der Waals surface area contributed by atoms with E-state index < -0.39 is 12.2 Å². The summed E-state index contributed by atoms with van der Waals surface area (Å²) < 4.78 is 11.2. The first-order valence-electron chi connectivity index (χ1n) is 15.9. The molecule has 0 amide bonds. The quantitative estimate of drug-likeness (QED) is 0.154. The molecule has 2 aromatic carbocycles. The molecule has 0 atom stereocenters. The van der Waals surface area contributed by atoms with Gasteiger partial charge < -0.3 is 40.1 Å². The summed E-state index contributed by atoms with van der Waals surface area (Å²) in [6.45, 7) is 6.79. The number of benzene rings is 2. The van der Waals surface area contributed by atoms with Gasteiger partial charge in [-0.15, -0.1) is 0 Å². The molecular weight excluding hydrogens is 590 g/mol. The molecule has 0 fully saturated rings. The molecule has 0 radical (unpaired) electrons. The zero-order chi connectivity index (χ0) is 33.1. The molecule has 252 valence electrons. The van der Waals surface area contributed by atoms with Crippen molar-refractivity contribution < 1.29 is 40.1 Å². The first-order chi connectivity index (χ1) is 22.2. The van der Waals surface area contributed by atoms with E-state index in [1.54, 1.807) is 0 Å². The van der Waals surface area contributed by atoms with Crippen LogP contribution in [-0.2, 0) is 48.9 Å². The second-order valence-corrected chi connectivity index (χ2v) is 12.2. The van der Waals surface area contributed by atoms with Crippen LogP contribution in [0.4, 0.5) is 0 Å². The molecule has 6 N–H and O–H groups in total. The van der Waals surface area contributed by atoms with Crippen molar-refractivity contribution in [3.63, 3.8) is 0 Å². The Morgan fingerprint density at radius 1 is 0.652 bits per heavy atom. The molecule has 1 aliphatic heterocycles. The summed E-state index contributed by atoms with van der Waals surface area (Å²) >= 11 is 0. The topological polar surface area (TPSA) is 159 Å². The average molecular weight is 640 g/mol. The Hall–Kier alpha value is -3.13. The van der Waals surface area contributed by atoms with E-state index in [1.807, 2.05) is 56.3 Å². The Bertz CT molecular complexity index is 1300. The van der Waals surface area contributed by atoms with Gasteiger partial charge in [0.25, 0.3) is 0 Å². The number of rotatable bonds is 14. The minimum atomic E-state index is -0.699. The number of aliphatic hydroxyl groups excluding tert-OH is 4. The number of phenolic OH excluding ortho intramolecular Hbond substituents is 2. The highest BCUT2D eigenvalue weighted by Crippen LogP contribution is 2.29. The molecule has 3 aromatic rings. The number of aromatic nitrogens is 1.